The zero-order valence-corrected chi connectivity index (χ0v) is 13.9. The van der Waals surface area contributed by atoms with E-state index in [1.54, 1.807) is 24.3 Å². The van der Waals surface area contributed by atoms with Gasteiger partial charge in [0.15, 0.2) is 0 Å². The molecule has 2 rings (SSSR count). The molecule has 0 heterocycles. The zero-order valence-electron chi connectivity index (χ0n) is 9.98. The highest BCUT2D eigenvalue weighted by molar-refractivity contribution is 9.10. The summed E-state index contributed by atoms with van der Waals surface area (Å²) < 4.78 is 6.16. The first-order valence-corrected chi connectivity index (χ1v) is 7.76. The van der Waals surface area contributed by atoms with Gasteiger partial charge >= 0.3 is 5.69 Å². The highest BCUT2D eigenvalue weighted by atomic mass is 79.9. The van der Waals surface area contributed by atoms with E-state index in [9.17, 15) is 10.1 Å². The van der Waals surface area contributed by atoms with E-state index in [2.05, 4.69) is 31.9 Å². The molecule has 0 aliphatic heterocycles. The van der Waals surface area contributed by atoms with Gasteiger partial charge in [-0.15, -0.1) is 0 Å². The third-order valence-electron chi connectivity index (χ3n) is 2.51. The molecule has 2 aromatic carbocycles. The van der Waals surface area contributed by atoms with E-state index in [1.165, 1.54) is 12.1 Å². The Morgan fingerprint density at radius 3 is 2.60 bits per heavy atom. The van der Waals surface area contributed by atoms with Gasteiger partial charge < -0.3 is 4.74 Å². The quantitative estimate of drug-likeness (QED) is 0.362. The average molecular weight is 421 g/mol. The minimum absolute atomic E-state index is 0.111. The molecule has 0 radical (unpaired) electrons. The average Bonchev–Trinajstić information content (AvgIpc) is 2.41. The lowest BCUT2D eigenvalue weighted by molar-refractivity contribution is -0.385. The summed E-state index contributed by atoms with van der Waals surface area (Å²) in [5.41, 5.74) is 0.810. The lowest BCUT2D eigenvalue weighted by atomic mass is 10.2. The van der Waals surface area contributed by atoms with Crippen molar-refractivity contribution >= 4 is 49.1 Å². The topological polar surface area (TPSA) is 52.4 Å². The molecule has 0 saturated carbocycles. The van der Waals surface area contributed by atoms with E-state index in [0.29, 0.717) is 20.6 Å². The van der Waals surface area contributed by atoms with Gasteiger partial charge in [-0.2, -0.15) is 0 Å². The molecule has 7 heteroatoms. The summed E-state index contributed by atoms with van der Waals surface area (Å²) in [4.78, 5) is 10.5. The summed E-state index contributed by atoms with van der Waals surface area (Å²) >= 11 is 12.6. The number of halogens is 3. The molecule has 0 spiro atoms. The normalized spacial score (nSPS) is 10.3. The molecule has 0 aromatic heterocycles. The summed E-state index contributed by atoms with van der Waals surface area (Å²) in [5.74, 6) is 0.617. The first-order chi connectivity index (χ1) is 9.51. The Balaban J connectivity index is 2.35. The van der Waals surface area contributed by atoms with E-state index in [1.807, 2.05) is 0 Å². The molecule has 20 heavy (non-hydrogen) atoms. The first-order valence-electron chi connectivity index (χ1n) is 5.47. The van der Waals surface area contributed by atoms with Crippen molar-refractivity contribution in [2.45, 2.75) is 5.33 Å². The Morgan fingerprint density at radius 1 is 1.25 bits per heavy atom. The molecule has 0 saturated heterocycles. The molecule has 0 bridgehead atoms. The number of hydrogen-bond donors (Lipinski definition) is 0. The maximum absolute atomic E-state index is 11.0. The first kappa shape index (κ1) is 15.3. The molecule has 2 aromatic rings. The van der Waals surface area contributed by atoms with Crippen LogP contribution in [0, 0.1) is 10.1 Å². The van der Waals surface area contributed by atoms with Crippen LogP contribution in [0.5, 0.6) is 11.5 Å². The molecule has 104 valence electrons. The highest BCUT2D eigenvalue weighted by Gasteiger charge is 2.16. The molecule has 0 aliphatic rings. The molecular weight excluding hydrogens is 413 g/mol. The molecule has 4 nitrogen and oxygen atoms in total. The fourth-order valence-electron chi connectivity index (χ4n) is 1.55. The van der Waals surface area contributed by atoms with Crippen LogP contribution < -0.4 is 4.74 Å². The van der Waals surface area contributed by atoms with Crippen molar-refractivity contribution in [2.75, 3.05) is 0 Å². The fraction of sp³-hybridized carbons (Fsp3) is 0.0769. The van der Waals surface area contributed by atoms with Crippen LogP contribution in [0.3, 0.4) is 0 Å². The van der Waals surface area contributed by atoms with Gasteiger partial charge in [0, 0.05) is 20.9 Å². The third kappa shape index (κ3) is 3.50. The van der Waals surface area contributed by atoms with Crippen LogP contribution in [0.15, 0.2) is 40.9 Å². The van der Waals surface area contributed by atoms with Crippen molar-refractivity contribution in [3.63, 3.8) is 0 Å². The number of nitro groups is 1. The van der Waals surface area contributed by atoms with Crippen molar-refractivity contribution in [1.82, 2.24) is 0 Å². The standard InChI is InChI=1S/C13H8Br2ClNO3/c14-7-8-1-3-10(6-11(8)16)20-13-4-2-9(15)5-12(13)17(18)19/h1-6H,7H2. The minimum atomic E-state index is -0.492. The second-order valence-electron chi connectivity index (χ2n) is 3.86. The molecule has 0 aliphatic carbocycles. The molecule has 0 fully saturated rings. The lowest BCUT2D eigenvalue weighted by Crippen LogP contribution is -1.94. The van der Waals surface area contributed by atoms with Gasteiger partial charge in [0.25, 0.3) is 0 Å². The number of ether oxygens (including phenoxy) is 1. The van der Waals surface area contributed by atoms with Gasteiger partial charge in [-0.3, -0.25) is 10.1 Å². The summed E-state index contributed by atoms with van der Waals surface area (Å²) in [6.07, 6.45) is 0. The highest BCUT2D eigenvalue weighted by Crippen LogP contribution is 2.35. The fourth-order valence-corrected chi connectivity index (χ4v) is 2.78. The predicted molar refractivity (Wildman–Crippen MR) is 85.0 cm³/mol. The van der Waals surface area contributed by atoms with Crippen LogP contribution in [0.4, 0.5) is 5.69 Å². The zero-order chi connectivity index (χ0) is 14.7. The number of hydrogen-bond acceptors (Lipinski definition) is 3. The van der Waals surface area contributed by atoms with Gasteiger partial charge in [0.2, 0.25) is 5.75 Å². The largest absolute Gasteiger partial charge is 0.450 e. The van der Waals surface area contributed by atoms with E-state index in [0.717, 1.165) is 5.56 Å². The summed E-state index contributed by atoms with van der Waals surface area (Å²) in [6.45, 7) is 0. The number of rotatable bonds is 4. The van der Waals surface area contributed by atoms with Gasteiger partial charge in [0.05, 0.1) is 4.92 Å². The van der Waals surface area contributed by atoms with Crippen molar-refractivity contribution in [3.8, 4) is 11.5 Å². The second kappa shape index (κ2) is 6.56. The summed E-state index contributed by atoms with van der Waals surface area (Å²) in [7, 11) is 0. The van der Waals surface area contributed by atoms with Crippen molar-refractivity contribution in [2.24, 2.45) is 0 Å². The monoisotopic (exact) mass is 419 g/mol. The minimum Gasteiger partial charge on any atom is -0.450 e. The predicted octanol–water partition coefficient (Wildman–Crippen LogP) is 5.70. The Labute approximate surface area is 137 Å². The van der Waals surface area contributed by atoms with E-state index >= 15 is 0 Å². The smallest absolute Gasteiger partial charge is 0.312 e. The second-order valence-corrected chi connectivity index (χ2v) is 5.74. The Kier molecular flexibility index (Phi) is 5.01. The summed E-state index contributed by atoms with van der Waals surface area (Å²) in [5, 5.41) is 12.2. The van der Waals surface area contributed by atoms with Crippen LogP contribution >= 0.6 is 43.5 Å². The van der Waals surface area contributed by atoms with E-state index in [4.69, 9.17) is 16.3 Å². The maximum Gasteiger partial charge on any atom is 0.312 e. The van der Waals surface area contributed by atoms with Crippen LogP contribution in [-0.4, -0.2) is 4.92 Å². The van der Waals surface area contributed by atoms with Crippen LogP contribution in [-0.2, 0) is 5.33 Å². The van der Waals surface area contributed by atoms with Crippen LogP contribution in [0.2, 0.25) is 5.02 Å². The van der Waals surface area contributed by atoms with Gasteiger partial charge in [-0.25, -0.2) is 0 Å². The van der Waals surface area contributed by atoms with Crippen molar-refractivity contribution < 1.29 is 9.66 Å². The molecular formula is C13H8Br2ClNO3. The van der Waals surface area contributed by atoms with Crippen LogP contribution in [0.1, 0.15) is 5.56 Å². The molecule has 0 amide bonds. The maximum atomic E-state index is 11.0. The summed E-state index contributed by atoms with van der Waals surface area (Å²) in [6, 6.07) is 9.75. The Morgan fingerprint density at radius 2 is 2.00 bits per heavy atom. The number of alkyl halides is 1. The number of nitro benzene ring substituents is 1. The van der Waals surface area contributed by atoms with Crippen LogP contribution in [0.25, 0.3) is 0 Å². The molecule has 0 unspecified atom stereocenters. The van der Waals surface area contributed by atoms with Gasteiger partial charge in [-0.05, 0) is 29.8 Å². The molecule has 0 atom stereocenters. The van der Waals surface area contributed by atoms with E-state index in [-0.39, 0.29) is 11.4 Å². The Bertz CT molecular complexity index is 664. The third-order valence-corrected chi connectivity index (χ3v) is 3.96. The van der Waals surface area contributed by atoms with Crippen molar-refractivity contribution in [1.29, 1.82) is 0 Å². The number of nitrogens with zero attached hydrogens (tertiary/aromatic N) is 1. The van der Waals surface area contributed by atoms with E-state index < -0.39 is 4.92 Å². The lowest BCUT2D eigenvalue weighted by Gasteiger charge is -2.08. The Hall–Kier alpha value is -1.11. The SMILES string of the molecule is O=[N+]([O-])c1cc(Br)ccc1Oc1ccc(CBr)c(Cl)c1. The molecule has 0 N–H and O–H groups in total. The van der Waals surface area contributed by atoms with Gasteiger partial charge in [0.1, 0.15) is 5.75 Å². The van der Waals surface area contributed by atoms with Crippen molar-refractivity contribution in [3.05, 3.63) is 61.6 Å². The number of benzene rings is 2. The van der Waals surface area contributed by atoms with Gasteiger partial charge in [-0.1, -0.05) is 49.5 Å².